The number of hydrogen-bond acceptors (Lipinski definition) is 4. The van der Waals surface area contributed by atoms with Crippen molar-refractivity contribution in [2.24, 2.45) is 5.92 Å². The Hall–Kier alpha value is -1.89. The van der Waals surface area contributed by atoms with Gasteiger partial charge in [-0.25, -0.2) is 4.98 Å². The molecule has 7 heteroatoms. The molecule has 1 aromatic heterocycles. The van der Waals surface area contributed by atoms with Crippen LogP contribution in [0.25, 0.3) is 0 Å². The topological polar surface area (TPSA) is 19.4 Å². The highest BCUT2D eigenvalue weighted by Gasteiger charge is 2.35. The van der Waals surface area contributed by atoms with Crippen LogP contribution in [0.5, 0.6) is 0 Å². The van der Waals surface area contributed by atoms with E-state index in [2.05, 4.69) is 59.2 Å². The molecule has 28 heavy (non-hydrogen) atoms. The molecule has 1 aliphatic heterocycles. The van der Waals surface area contributed by atoms with E-state index >= 15 is 0 Å². The van der Waals surface area contributed by atoms with Crippen LogP contribution in [-0.2, 0) is 6.18 Å². The number of aryl methyl sites for hydroxylation is 1. The number of rotatable bonds is 4. The van der Waals surface area contributed by atoms with Gasteiger partial charge in [0.25, 0.3) is 0 Å². The number of pyridine rings is 1. The number of benzene rings is 1. The van der Waals surface area contributed by atoms with Crippen molar-refractivity contribution in [2.75, 3.05) is 35.7 Å². The molecule has 1 saturated heterocycles. The summed E-state index contributed by atoms with van der Waals surface area (Å²) in [5.74, 6) is 0.970. The van der Waals surface area contributed by atoms with E-state index in [-0.39, 0.29) is 11.7 Å². The van der Waals surface area contributed by atoms with Crippen LogP contribution < -0.4 is 9.80 Å². The van der Waals surface area contributed by atoms with Gasteiger partial charge in [-0.3, -0.25) is 0 Å². The van der Waals surface area contributed by atoms with Gasteiger partial charge in [-0.15, -0.1) is 11.8 Å². The van der Waals surface area contributed by atoms with Crippen LogP contribution in [-0.4, -0.2) is 36.9 Å². The van der Waals surface area contributed by atoms with Gasteiger partial charge in [-0.2, -0.15) is 13.2 Å². The highest BCUT2D eigenvalue weighted by molar-refractivity contribution is 7.98. The monoisotopic (exact) mass is 409 g/mol. The number of hydrogen-bond donors (Lipinski definition) is 0. The Bertz CT molecular complexity index is 823. The van der Waals surface area contributed by atoms with Crippen LogP contribution in [0, 0.1) is 12.8 Å². The minimum atomic E-state index is -4.37. The first-order chi connectivity index (χ1) is 13.2. The highest BCUT2D eigenvalue weighted by atomic mass is 32.2. The molecule has 0 N–H and O–H groups in total. The predicted octanol–water partition coefficient (Wildman–Crippen LogP) is 5.48. The molecule has 0 amide bonds. The van der Waals surface area contributed by atoms with Gasteiger partial charge >= 0.3 is 6.18 Å². The van der Waals surface area contributed by atoms with Gasteiger partial charge in [0.1, 0.15) is 5.82 Å². The lowest BCUT2D eigenvalue weighted by Gasteiger charge is -2.45. The van der Waals surface area contributed by atoms with E-state index in [4.69, 9.17) is 0 Å². The third-order valence-electron chi connectivity index (χ3n) is 5.28. The minimum Gasteiger partial charge on any atom is -0.368 e. The van der Waals surface area contributed by atoms with E-state index in [9.17, 15) is 13.2 Å². The predicted molar refractivity (Wildman–Crippen MR) is 110 cm³/mol. The molecule has 0 bridgehead atoms. The molecule has 152 valence electrons. The maximum atomic E-state index is 13.1. The van der Waals surface area contributed by atoms with Gasteiger partial charge in [0.15, 0.2) is 0 Å². The van der Waals surface area contributed by atoms with Crippen LogP contribution >= 0.6 is 11.8 Å². The van der Waals surface area contributed by atoms with Gasteiger partial charge in [-0.05, 0) is 49.4 Å². The summed E-state index contributed by atoms with van der Waals surface area (Å²) in [5.41, 5.74) is 0.557. The molecule has 0 aliphatic carbocycles. The Balaban J connectivity index is 1.85. The fraction of sp³-hybridized carbons (Fsp3) is 0.476. The van der Waals surface area contributed by atoms with Crippen LogP contribution in [0.1, 0.15) is 25.1 Å². The van der Waals surface area contributed by atoms with E-state index in [0.717, 1.165) is 25.7 Å². The lowest BCUT2D eigenvalue weighted by Crippen LogP contribution is -2.56. The van der Waals surface area contributed by atoms with E-state index in [1.54, 1.807) is 11.8 Å². The van der Waals surface area contributed by atoms with Crippen molar-refractivity contribution in [1.82, 2.24) is 4.98 Å². The maximum absolute atomic E-state index is 13.1. The smallest absolute Gasteiger partial charge is 0.368 e. The number of aromatic nitrogens is 1. The summed E-state index contributed by atoms with van der Waals surface area (Å²) in [5, 5.41) is 0. The minimum absolute atomic E-state index is 0.0302. The molecular weight excluding hydrogens is 383 g/mol. The Morgan fingerprint density at radius 2 is 1.89 bits per heavy atom. The van der Waals surface area contributed by atoms with Crippen molar-refractivity contribution in [3.05, 3.63) is 47.7 Å². The second-order valence-electron chi connectivity index (χ2n) is 7.45. The summed E-state index contributed by atoms with van der Waals surface area (Å²) in [6.07, 6.45) is -2.30. The molecular formula is C21H26F3N3S. The second-order valence-corrected chi connectivity index (χ2v) is 8.33. The first-order valence-electron chi connectivity index (χ1n) is 9.41. The largest absolute Gasteiger partial charge is 0.418 e. The van der Waals surface area contributed by atoms with E-state index < -0.39 is 11.7 Å². The third-order valence-corrected chi connectivity index (χ3v) is 6.00. The summed E-state index contributed by atoms with van der Waals surface area (Å²) in [6, 6.07) is 11.3. The molecule has 0 spiro atoms. The average Bonchev–Trinajstić information content (AvgIpc) is 2.66. The van der Waals surface area contributed by atoms with Crippen LogP contribution in [0.4, 0.5) is 24.7 Å². The van der Waals surface area contributed by atoms with Crippen molar-refractivity contribution in [1.29, 1.82) is 0 Å². The van der Waals surface area contributed by atoms with Crippen molar-refractivity contribution in [3.63, 3.8) is 0 Å². The summed E-state index contributed by atoms with van der Waals surface area (Å²) >= 11 is 1.72. The van der Waals surface area contributed by atoms with Crippen molar-refractivity contribution in [3.8, 4) is 0 Å². The van der Waals surface area contributed by atoms with Gasteiger partial charge in [0.05, 0.1) is 17.3 Å². The maximum Gasteiger partial charge on any atom is 0.418 e. The molecule has 2 aromatic rings. The molecule has 0 radical (unpaired) electrons. The van der Waals surface area contributed by atoms with Gasteiger partial charge in [-0.1, -0.05) is 19.9 Å². The normalized spacial score (nSPS) is 18.1. The number of halogens is 3. The third kappa shape index (κ3) is 4.40. The van der Waals surface area contributed by atoms with Crippen molar-refractivity contribution in [2.45, 2.75) is 37.9 Å². The highest BCUT2D eigenvalue weighted by Crippen LogP contribution is 2.34. The fourth-order valence-electron chi connectivity index (χ4n) is 3.71. The van der Waals surface area contributed by atoms with Crippen LogP contribution in [0.3, 0.4) is 0 Å². The summed E-state index contributed by atoms with van der Waals surface area (Å²) in [7, 11) is 0. The van der Waals surface area contributed by atoms with Gasteiger partial charge in [0.2, 0.25) is 0 Å². The molecule has 0 saturated carbocycles. The molecule has 1 aliphatic rings. The SMILES string of the molecule is CSc1cccc(N2CCN(c3ccc(C(F)(F)F)c(C)n3)C(C(C)C)C2)c1. The Morgan fingerprint density at radius 1 is 1.14 bits per heavy atom. The van der Waals surface area contributed by atoms with E-state index in [1.165, 1.54) is 23.6 Å². The molecule has 3 nitrogen and oxygen atoms in total. The number of alkyl halides is 3. The first kappa shape index (κ1) is 20.8. The molecule has 3 rings (SSSR count). The number of thioether (sulfide) groups is 1. The molecule has 1 atom stereocenters. The van der Waals surface area contributed by atoms with Crippen molar-refractivity contribution < 1.29 is 13.2 Å². The molecule has 1 aromatic carbocycles. The summed E-state index contributed by atoms with van der Waals surface area (Å²) < 4.78 is 39.2. The number of anilines is 2. The summed E-state index contributed by atoms with van der Waals surface area (Å²) in [4.78, 5) is 10.0. The van der Waals surface area contributed by atoms with Gasteiger partial charge in [0, 0.05) is 30.2 Å². The summed E-state index contributed by atoms with van der Waals surface area (Å²) in [6.45, 7) is 8.08. The zero-order chi connectivity index (χ0) is 20.5. The Labute approximate surface area is 168 Å². The molecule has 1 unspecified atom stereocenters. The Morgan fingerprint density at radius 3 is 2.50 bits per heavy atom. The molecule has 2 heterocycles. The van der Waals surface area contributed by atoms with E-state index in [1.807, 2.05) is 0 Å². The van der Waals surface area contributed by atoms with Crippen LogP contribution in [0.15, 0.2) is 41.3 Å². The first-order valence-corrected chi connectivity index (χ1v) is 10.6. The lowest BCUT2D eigenvalue weighted by molar-refractivity contribution is -0.138. The zero-order valence-electron chi connectivity index (χ0n) is 16.6. The zero-order valence-corrected chi connectivity index (χ0v) is 17.4. The van der Waals surface area contributed by atoms with E-state index in [0.29, 0.717) is 11.7 Å². The lowest BCUT2D eigenvalue weighted by atomic mass is 9.98. The number of nitrogens with zero attached hydrogens (tertiary/aromatic N) is 3. The Kier molecular flexibility index (Phi) is 6.12. The quantitative estimate of drug-likeness (QED) is 0.623. The standard InChI is InChI=1S/C21H26F3N3S/c1-14(2)19-13-26(16-6-5-7-17(12-16)28-4)10-11-27(19)20-9-8-18(15(3)25-20)21(22,23)24/h5-9,12,14,19H,10-11,13H2,1-4H3. The fourth-order valence-corrected chi connectivity index (χ4v) is 4.17. The second kappa shape index (κ2) is 8.23. The number of piperazine rings is 1. The van der Waals surface area contributed by atoms with Gasteiger partial charge < -0.3 is 9.80 Å². The van der Waals surface area contributed by atoms with Crippen molar-refractivity contribution >= 4 is 23.3 Å². The average molecular weight is 410 g/mol. The molecule has 1 fully saturated rings. The van der Waals surface area contributed by atoms with Crippen LogP contribution in [0.2, 0.25) is 0 Å².